The van der Waals surface area contributed by atoms with Gasteiger partial charge in [-0.15, -0.1) is 0 Å². The van der Waals surface area contributed by atoms with E-state index in [-0.39, 0.29) is 0 Å². The third kappa shape index (κ3) is 2.90. The molecule has 0 saturated heterocycles. The summed E-state index contributed by atoms with van der Waals surface area (Å²) >= 11 is 8.89. The number of thioether (sulfide) groups is 1. The molecular weight excluding hydrogens is 264 g/mol. The van der Waals surface area contributed by atoms with Gasteiger partial charge in [-0.2, -0.15) is 5.10 Å². The van der Waals surface area contributed by atoms with Crippen LogP contribution in [0.3, 0.4) is 0 Å². The average Bonchev–Trinajstić information content (AvgIpc) is 2.63. The zero-order valence-corrected chi connectivity index (χ0v) is 11.1. The van der Waals surface area contributed by atoms with Gasteiger partial charge >= 0.3 is 0 Å². The number of nitrogens with zero attached hydrogens (tertiary/aromatic N) is 4. The van der Waals surface area contributed by atoms with Crippen LogP contribution in [0, 0.1) is 0 Å². The molecule has 2 rings (SSSR count). The van der Waals surface area contributed by atoms with Crippen molar-refractivity contribution >= 4 is 35.1 Å². The molecule has 0 aromatic carbocycles. The van der Waals surface area contributed by atoms with Crippen molar-refractivity contribution in [2.45, 2.75) is 15.1 Å². The van der Waals surface area contributed by atoms with Crippen molar-refractivity contribution in [3.05, 3.63) is 23.6 Å². The number of hydrogen-bond donors (Lipinski definition) is 0. The van der Waals surface area contributed by atoms with Gasteiger partial charge in [-0.05, 0) is 6.26 Å². The van der Waals surface area contributed by atoms with Crippen LogP contribution in [-0.4, -0.2) is 26.0 Å². The van der Waals surface area contributed by atoms with Gasteiger partial charge in [0, 0.05) is 19.3 Å². The van der Waals surface area contributed by atoms with Crippen LogP contribution in [0.4, 0.5) is 0 Å². The highest BCUT2D eigenvalue weighted by atomic mass is 35.5. The Morgan fingerprint density at radius 2 is 2.19 bits per heavy atom. The first-order chi connectivity index (χ1) is 7.67. The van der Waals surface area contributed by atoms with Crippen molar-refractivity contribution in [3.8, 4) is 0 Å². The largest absolute Gasteiger partial charge is 0.275 e. The van der Waals surface area contributed by atoms with Crippen LogP contribution in [0.2, 0.25) is 5.15 Å². The van der Waals surface area contributed by atoms with Gasteiger partial charge < -0.3 is 0 Å². The molecular formula is C9H9ClN4S2. The molecule has 16 heavy (non-hydrogen) atoms. The fourth-order valence-corrected chi connectivity index (χ4v) is 2.68. The van der Waals surface area contributed by atoms with E-state index in [1.54, 1.807) is 16.9 Å². The van der Waals surface area contributed by atoms with Crippen LogP contribution in [0.5, 0.6) is 0 Å². The number of aromatic nitrogens is 4. The van der Waals surface area contributed by atoms with E-state index >= 15 is 0 Å². The van der Waals surface area contributed by atoms with Crippen LogP contribution in [0.15, 0.2) is 33.5 Å². The highest BCUT2D eigenvalue weighted by Crippen LogP contribution is 2.28. The third-order valence-electron chi connectivity index (χ3n) is 1.74. The lowest BCUT2D eigenvalue weighted by Crippen LogP contribution is -1.88. The molecule has 0 aliphatic heterocycles. The molecule has 4 nitrogen and oxygen atoms in total. The smallest absolute Gasteiger partial charge is 0.189 e. The third-order valence-corrected chi connectivity index (χ3v) is 3.34. The summed E-state index contributed by atoms with van der Waals surface area (Å²) in [6.45, 7) is 0. The normalized spacial score (nSPS) is 10.7. The van der Waals surface area contributed by atoms with Gasteiger partial charge in [0.25, 0.3) is 0 Å². The highest BCUT2D eigenvalue weighted by molar-refractivity contribution is 7.99. The molecule has 0 unspecified atom stereocenters. The lowest BCUT2D eigenvalue weighted by atomic mass is 10.7. The molecule has 0 spiro atoms. The summed E-state index contributed by atoms with van der Waals surface area (Å²) in [7, 11) is 1.88. The van der Waals surface area contributed by atoms with Crippen molar-refractivity contribution in [3.63, 3.8) is 0 Å². The molecule has 0 N–H and O–H groups in total. The van der Waals surface area contributed by atoms with Gasteiger partial charge in [-0.1, -0.05) is 35.1 Å². The van der Waals surface area contributed by atoms with Crippen molar-refractivity contribution in [2.75, 3.05) is 6.26 Å². The van der Waals surface area contributed by atoms with Gasteiger partial charge in [0.15, 0.2) is 5.16 Å². The molecule has 7 heteroatoms. The summed E-state index contributed by atoms with van der Waals surface area (Å²) in [4.78, 5) is 9.46. The SMILES string of the molecule is CSc1nc(Cl)cc(Sc2cnn(C)c2)n1. The van der Waals surface area contributed by atoms with Crippen LogP contribution in [0.1, 0.15) is 0 Å². The zero-order chi connectivity index (χ0) is 11.5. The quantitative estimate of drug-likeness (QED) is 0.488. The van der Waals surface area contributed by atoms with Crippen molar-refractivity contribution < 1.29 is 0 Å². The van der Waals surface area contributed by atoms with Gasteiger partial charge in [-0.25, -0.2) is 9.97 Å². The van der Waals surface area contributed by atoms with E-state index in [0.29, 0.717) is 10.3 Å². The number of hydrogen-bond acceptors (Lipinski definition) is 5. The van der Waals surface area contributed by atoms with E-state index in [1.165, 1.54) is 23.5 Å². The Kier molecular flexibility index (Phi) is 3.73. The predicted molar refractivity (Wildman–Crippen MR) is 66.2 cm³/mol. The maximum Gasteiger partial charge on any atom is 0.189 e. The monoisotopic (exact) mass is 272 g/mol. The Balaban J connectivity index is 2.24. The highest BCUT2D eigenvalue weighted by Gasteiger charge is 2.05. The van der Waals surface area contributed by atoms with E-state index in [4.69, 9.17) is 11.6 Å². The minimum atomic E-state index is 0.464. The van der Waals surface area contributed by atoms with Gasteiger partial charge in [0.2, 0.25) is 0 Å². The Morgan fingerprint density at radius 3 is 2.81 bits per heavy atom. The zero-order valence-electron chi connectivity index (χ0n) is 8.72. The van der Waals surface area contributed by atoms with E-state index in [0.717, 1.165) is 9.92 Å². The molecule has 0 atom stereocenters. The number of aryl methyl sites for hydroxylation is 1. The second kappa shape index (κ2) is 5.07. The molecule has 0 aliphatic carbocycles. The predicted octanol–water partition coefficient (Wildman–Crippen LogP) is 2.74. The van der Waals surface area contributed by atoms with E-state index in [9.17, 15) is 0 Å². The average molecular weight is 273 g/mol. The standard InChI is InChI=1S/C9H9ClN4S2/c1-14-5-6(4-11-14)16-8-3-7(10)12-9(13-8)15-2/h3-5H,1-2H3. The summed E-state index contributed by atoms with van der Waals surface area (Å²) in [6.07, 6.45) is 5.64. The van der Waals surface area contributed by atoms with E-state index < -0.39 is 0 Å². The summed E-state index contributed by atoms with van der Waals surface area (Å²) in [5.74, 6) is 0. The summed E-state index contributed by atoms with van der Waals surface area (Å²) in [5, 5.41) is 6.07. The molecule has 2 aromatic heterocycles. The first-order valence-corrected chi connectivity index (χ1v) is 6.84. The van der Waals surface area contributed by atoms with Gasteiger partial charge in [-0.3, -0.25) is 4.68 Å². The van der Waals surface area contributed by atoms with E-state index in [2.05, 4.69) is 15.1 Å². The van der Waals surface area contributed by atoms with Crippen molar-refractivity contribution in [1.29, 1.82) is 0 Å². The summed E-state index contributed by atoms with van der Waals surface area (Å²) < 4.78 is 1.75. The molecule has 84 valence electrons. The maximum atomic E-state index is 5.90. The second-order valence-electron chi connectivity index (χ2n) is 2.97. The van der Waals surface area contributed by atoms with Gasteiger partial charge in [0.1, 0.15) is 10.2 Å². The fraction of sp³-hybridized carbons (Fsp3) is 0.222. The summed E-state index contributed by atoms with van der Waals surface area (Å²) in [6, 6.07) is 1.75. The van der Waals surface area contributed by atoms with Crippen molar-refractivity contribution in [1.82, 2.24) is 19.7 Å². The van der Waals surface area contributed by atoms with Crippen LogP contribution in [-0.2, 0) is 7.05 Å². The lowest BCUT2D eigenvalue weighted by molar-refractivity contribution is 0.766. The van der Waals surface area contributed by atoms with Crippen LogP contribution in [0.25, 0.3) is 0 Å². The maximum absolute atomic E-state index is 5.90. The molecule has 0 bridgehead atoms. The van der Waals surface area contributed by atoms with Gasteiger partial charge in [0.05, 0.1) is 11.1 Å². The number of halogens is 1. The minimum absolute atomic E-state index is 0.464. The minimum Gasteiger partial charge on any atom is -0.275 e. The molecule has 0 saturated carbocycles. The molecule has 0 radical (unpaired) electrons. The number of rotatable bonds is 3. The topological polar surface area (TPSA) is 43.6 Å². The Morgan fingerprint density at radius 1 is 1.38 bits per heavy atom. The van der Waals surface area contributed by atoms with Crippen molar-refractivity contribution in [2.24, 2.45) is 7.05 Å². The molecule has 2 heterocycles. The lowest BCUT2D eigenvalue weighted by Gasteiger charge is -2.00. The van der Waals surface area contributed by atoms with E-state index in [1.807, 2.05) is 19.5 Å². The molecule has 0 aliphatic rings. The Hall–Kier alpha value is -0.720. The van der Waals surface area contributed by atoms with Crippen LogP contribution < -0.4 is 0 Å². The first-order valence-electron chi connectivity index (χ1n) is 4.42. The molecule has 2 aromatic rings. The Labute approximate surface area is 107 Å². The Bertz CT molecular complexity index is 500. The van der Waals surface area contributed by atoms with Crippen LogP contribution >= 0.6 is 35.1 Å². The first kappa shape index (κ1) is 11.8. The molecule has 0 amide bonds. The fourth-order valence-electron chi connectivity index (χ4n) is 1.09. The molecule has 0 fully saturated rings. The summed E-state index contributed by atoms with van der Waals surface area (Å²) in [5.41, 5.74) is 0. The second-order valence-corrected chi connectivity index (χ2v) is 5.22.